The second kappa shape index (κ2) is 7.52. The number of aromatic nitrogens is 3. The lowest BCUT2D eigenvalue weighted by Crippen LogP contribution is -2.37. The number of piperidine rings is 1. The van der Waals surface area contributed by atoms with Crippen molar-refractivity contribution in [2.75, 3.05) is 18.0 Å². The Bertz CT molecular complexity index is 973. The molecule has 0 bridgehead atoms. The van der Waals surface area contributed by atoms with Gasteiger partial charge in [-0.2, -0.15) is 0 Å². The molecular weight excluding hydrogens is 380 g/mol. The summed E-state index contributed by atoms with van der Waals surface area (Å²) in [5, 5.41) is 4.08. The topological polar surface area (TPSA) is 68.2 Å². The summed E-state index contributed by atoms with van der Waals surface area (Å²) in [4.78, 5) is 30.3. The fourth-order valence-corrected chi connectivity index (χ4v) is 5.06. The van der Waals surface area contributed by atoms with E-state index in [1.165, 1.54) is 10.4 Å². The number of nitrogens with zero attached hydrogens (tertiary/aromatic N) is 4. The number of esters is 1. The summed E-state index contributed by atoms with van der Waals surface area (Å²) in [6.45, 7) is 8.07. The van der Waals surface area contributed by atoms with Gasteiger partial charge < -0.3 is 9.64 Å². The van der Waals surface area contributed by atoms with Crippen LogP contribution < -0.4 is 4.90 Å². The van der Waals surface area contributed by atoms with Crippen molar-refractivity contribution in [1.82, 2.24) is 15.0 Å². The molecule has 0 amide bonds. The lowest BCUT2D eigenvalue weighted by atomic mass is 9.97. The van der Waals surface area contributed by atoms with Crippen molar-refractivity contribution in [3.8, 4) is 0 Å². The number of hydrogen-bond donors (Lipinski definition) is 0. The minimum Gasteiger partial charge on any atom is -0.459 e. The van der Waals surface area contributed by atoms with Crippen molar-refractivity contribution >= 4 is 44.7 Å². The molecule has 0 radical (unpaired) electrons. The molecule has 8 heteroatoms. The molecule has 0 saturated carbocycles. The SMILES string of the molecule is Cc1nc(COC(=O)C2CCN(c3ncnc4sc(C)c(C)c34)CC2)cs1. The summed E-state index contributed by atoms with van der Waals surface area (Å²) in [5.74, 6) is 0.825. The van der Waals surface area contributed by atoms with Crippen LogP contribution in [0, 0.1) is 26.7 Å². The number of anilines is 1. The minimum atomic E-state index is -0.115. The lowest BCUT2D eigenvalue weighted by Gasteiger charge is -2.32. The third kappa shape index (κ3) is 3.68. The number of fused-ring (bicyclic) bond motifs is 1. The van der Waals surface area contributed by atoms with Crippen LogP contribution in [0.25, 0.3) is 10.2 Å². The first-order valence-electron chi connectivity index (χ1n) is 9.06. The predicted octanol–water partition coefficient (Wildman–Crippen LogP) is 4.03. The maximum absolute atomic E-state index is 12.4. The van der Waals surface area contributed by atoms with Crippen molar-refractivity contribution in [3.63, 3.8) is 0 Å². The second-order valence-electron chi connectivity index (χ2n) is 6.89. The number of aryl methyl sites for hydroxylation is 3. The van der Waals surface area contributed by atoms with Gasteiger partial charge in [-0.1, -0.05) is 0 Å². The lowest BCUT2D eigenvalue weighted by molar-refractivity contribution is -0.150. The van der Waals surface area contributed by atoms with E-state index in [0.717, 1.165) is 52.7 Å². The highest BCUT2D eigenvalue weighted by atomic mass is 32.1. The van der Waals surface area contributed by atoms with Gasteiger partial charge in [0, 0.05) is 23.3 Å². The molecule has 1 aliphatic heterocycles. The maximum atomic E-state index is 12.4. The van der Waals surface area contributed by atoms with Gasteiger partial charge in [0.2, 0.25) is 0 Å². The Morgan fingerprint density at radius 1 is 1.26 bits per heavy atom. The number of carbonyl (C=O) groups is 1. The summed E-state index contributed by atoms with van der Waals surface area (Å²) in [6, 6.07) is 0. The Hall–Kier alpha value is -2.06. The molecule has 3 aromatic heterocycles. The van der Waals surface area contributed by atoms with Crippen LogP contribution in [0.2, 0.25) is 0 Å². The average Bonchev–Trinajstić information content (AvgIpc) is 3.22. The molecule has 0 aromatic carbocycles. The normalized spacial score (nSPS) is 15.4. The molecule has 6 nitrogen and oxygen atoms in total. The van der Waals surface area contributed by atoms with E-state index in [0.29, 0.717) is 0 Å². The van der Waals surface area contributed by atoms with Gasteiger partial charge in [-0.25, -0.2) is 15.0 Å². The van der Waals surface area contributed by atoms with Crippen molar-refractivity contribution in [1.29, 1.82) is 0 Å². The zero-order chi connectivity index (χ0) is 19.0. The number of rotatable bonds is 4. The third-order valence-corrected chi connectivity index (χ3v) is 7.04. The van der Waals surface area contributed by atoms with Crippen LogP contribution in [0.15, 0.2) is 11.7 Å². The molecule has 0 spiro atoms. The molecule has 0 unspecified atom stereocenters. The van der Waals surface area contributed by atoms with Gasteiger partial charge in [0.15, 0.2) is 0 Å². The highest BCUT2D eigenvalue weighted by Crippen LogP contribution is 2.35. The Balaban J connectivity index is 1.40. The summed E-state index contributed by atoms with van der Waals surface area (Å²) < 4.78 is 5.48. The molecule has 0 aliphatic carbocycles. The van der Waals surface area contributed by atoms with Gasteiger partial charge in [-0.05, 0) is 39.2 Å². The number of thiazole rings is 1. The van der Waals surface area contributed by atoms with Gasteiger partial charge in [0.25, 0.3) is 0 Å². The number of thiophene rings is 1. The quantitative estimate of drug-likeness (QED) is 0.614. The largest absolute Gasteiger partial charge is 0.459 e. The van der Waals surface area contributed by atoms with E-state index in [1.807, 2.05) is 12.3 Å². The molecule has 142 valence electrons. The molecular formula is C19H22N4O2S2. The van der Waals surface area contributed by atoms with Crippen LogP contribution in [0.5, 0.6) is 0 Å². The van der Waals surface area contributed by atoms with Gasteiger partial charge in [-0.3, -0.25) is 4.79 Å². The molecule has 4 heterocycles. The zero-order valence-electron chi connectivity index (χ0n) is 15.7. The highest BCUT2D eigenvalue weighted by molar-refractivity contribution is 7.18. The molecule has 1 fully saturated rings. The standard InChI is InChI=1S/C19H22N4O2S2/c1-11-12(2)27-18-16(11)17(20-10-21-18)23-6-4-14(5-7-23)19(24)25-8-15-9-26-13(3)22-15/h9-10,14H,4-8H2,1-3H3. The molecule has 27 heavy (non-hydrogen) atoms. The highest BCUT2D eigenvalue weighted by Gasteiger charge is 2.28. The first kappa shape index (κ1) is 18.3. The van der Waals surface area contributed by atoms with Crippen LogP contribution in [0.3, 0.4) is 0 Å². The number of ether oxygens (including phenoxy) is 1. The number of hydrogen-bond acceptors (Lipinski definition) is 8. The molecule has 1 saturated heterocycles. The van der Waals surface area contributed by atoms with Crippen LogP contribution in [0.1, 0.15) is 34.0 Å². The zero-order valence-corrected chi connectivity index (χ0v) is 17.3. The molecule has 0 atom stereocenters. The predicted molar refractivity (Wildman–Crippen MR) is 108 cm³/mol. The van der Waals surface area contributed by atoms with Crippen molar-refractivity contribution in [2.45, 2.75) is 40.2 Å². The monoisotopic (exact) mass is 402 g/mol. The summed E-state index contributed by atoms with van der Waals surface area (Å²) in [5.41, 5.74) is 2.08. The minimum absolute atomic E-state index is 0.0522. The first-order chi connectivity index (χ1) is 13.0. The van der Waals surface area contributed by atoms with E-state index >= 15 is 0 Å². The molecule has 0 N–H and O–H groups in total. The van der Waals surface area contributed by atoms with Gasteiger partial charge in [0.05, 0.1) is 22.0 Å². The van der Waals surface area contributed by atoms with Crippen molar-refractivity contribution in [2.24, 2.45) is 5.92 Å². The van der Waals surface area contributed by atoms with Crippen LogP contribution in [-0.2, 0) is 16.1 Å². The second-order valence-corrected chi connectivity index (χ2v) is 9.15. The number of carbonyl (C=O) groups excluding carboxylic acids is 1. The fraction of sp³-hybridized carbons (Fsp3) is 0.474. The average molecular weight is 403 g/mol. The van der Waals surface area contributed by atoms with Gasteiger partial charge in [-0.15, -0.1) is 22.7 Å². The van der Waals surface area contributed by atoms with E-state index in [9.17, 15) is 4.79 Å². The molecule has 4 rings (SSSR count). The fourth-order valence-electron chi connectivity index (χ4n) is 3.47. The Kier molecular flexibility index (Phi) is 5.10. The molecule has 1 aliphatic rings. The van der Waals surface area contributed by atoms with Crippen molar-refractivity contribution in [3.05, 3.63) is 32.8 Å². The first-order valence-corrected chi connectivity index (χ1v) is 10.8. The smallest absolute Gasteiger partial charge is 0.309 e. The van der Waals surface area contributed by atoms with Crippen LogP contribution in [0.4, 0.5) is 5.82 Å². The third-order valence-electron chi connectivity index (χ3n) is 5.10. The van der Waals surface area contributed by atoms with Crippen LogP contribution >= 0.6 is 22.7 Å². The van der Waals surface area contributed by atoms with Gasteiger partial charge >= 0.3 is 5.97 Å². The van der Waals surface area contributed by atoms with E-state index in [-0.39, 0.29) is 18.5 Å². The Morgan fingerprint density at radius 3 is 2.74 bits per heavy atom. The Morgan fingerprint density at radius 2 is 2.04 bits per heavy atom. The van der Waals surface area contributed by atoms with E-state index in [4.69, 9.17) is 4.74 Å². The van der Waals surface area contributed by atoms with E-state index in [2.05, 4.69) is 33.7 Å². The molecule has 3 aromatic rings. The van der Waals surface area contributed by atoms with E-state index in [1.54, 1.807) is 29.0 Å². The van der Waals surface area contributed by atoms with Gasteiger partial charge in [0.1, 0.15) is 23.6 Å². The summed E-state index contributed by atoms with van der Waals surface area (Å²) in [6.07, 6.45) is 3.20. The Labute approximate surface area is 166 Å². The van der Waals surface area contributed by atoms with Crippen molar-refractivity contribution < 1.29 is 9.53 Å². The summed E-state index contributed by atoms with van der Waals surface area (Å²) >= 11 is 3.28. The summed E-state index contributed by atoms with van der Waals surface area (Å²) in [7, 11) is 0. The van der Waals surface area contributed by atoms with E-state index < -0.39 is 0 Å². The maximum Gasteiger partial charge on any atom is 0.309 e. The van der Waals surface area contributed by atoms with Crippen LogP contribution in [-0.4, -0.2) is 34.0 Å².